The molecule has 4 aliphatic carbocycles. The first-order valence-corrected chi connectivity index (χ1v) is 12.2. The molecule has 6 fully saturated rings. The predicted molar refractivity (Wildman–Crippen MR) is 119 cm³/mol. The van der Waals surface area contributed by atoms with Crippen molar-refractivity contribution in [2.24, 2.45) is 11.8 Å². The van der Waals surface area contributed by atoms with Gasteiger partial charge in [0.15, 0.2) is 0 Å². The van der Waals surface area contributed by atoms with Crippen LogP contribution in [0.1, 0.15) is 63.9 Å². The number of benzene rings is 1. The molecule has 4 bridgehead atoms. The van der Waals surface area contributed by atoms with Crippen molar-refractivity contribution in [3.63, 3.8) is 0 Å². The van der Waals surface area contributed by atoms with Gasteiger partial charge in [-0.3, -0.25) is 14.6 Å². The molecule has 2 saturated heterocycles. The summed E-state index contributed by atoms with van der Waals surface area (Å²) in [5, 5.41) is 3.63. The van der Waals surface area contributed by atoms with Crippen molar-refractivity contribution in [2.75, 3.05) is 19.6 Å². The van der Waals surface area contributed by atoms with Gasteiger partial charge in [-0.05, 0) is 87.6 Å². The van der Waals surface area contributed by atoms with Gasteiger partial charge in [0.1, 0.15) is 0 Å². The monoisotopic (exact) mass is 406 g/mol. The van der Waals surface area contributed by atoms with Gasteiger partial charge in [-0.1, -0.05) is 30.3 Å². The summed E-state index contributed by atoms with van der Waals surface area (Å²) >= 11 is 0. The second kappa shape index (κ2) is 7.06. The summed E-state index contributed by atoms with van der Waals surface area (Å²) in [6.07, 6.45) is 10.1. The molecule has 4 saturated carbocycles. The third kappa shape index (κ3) is 3.14. The van der Waals surface area contributed by atoms with Gasteiger partial charge in [0.05, 0.1) is 6.54 Å². The molecule has 4 nitrogen and oxygen atoms in total. The van der Waals surface area contributed by atoms with Gasteiger partial charge in [-0.2, -0.15) is 0 Å². The number of carbonyl (C=O) groups excluding carboxylic acids is 1. The second-order valence-electron chi connectivity index (χ2n) is 11.2. The molecule has 4 heteroatoms. The van der Waals surface area contributed by atoms with Gasteiger partial charge in [0, 0.05) is 30.7 Å². The van der Waals surface area contributed by atoms with E-state index in [0.29, 0.717) is 18.6 Å². The third-order valence-electron chi connectivity index (χ3n) is 9.22. The Balaban J connectivity index is 1.18. The van der Waals surface area contributed by atoms with E-state index in [4.69, 9.17) is 0 Å². The summed E-state index contributed by atoms with van der Waals surface area (Å²) in [4.78, 5) is 18.2. The molecule has 0 spiro atoms. The Hall–Kier alpha value is -1.39. The number of piperazine rings is 1. The van der Waals surface area contributed by atoms with Crippen LogP contribution in [0.25, 0.3) is 0 Å². The Kier molecular flexibility index (Phi) is 4.55. The molecule has 3 unspecified atom stereocenters. The van der Waals surface area contributed by atoms with Gasteiger partial charge in [0.25, 0.3) is 0 Å². The summed E-state index contributed by atoms with van der Waals surface area (Å²) in [6, 6.07) is 12.3. The van der Waals surface area contributed by atoms with Crippen molar-refractivity contribution in [1.29, 1.82) is 0 Å². The van der Waals surface area contributed by atoms with Crippen LogP contribution >= 0.6 is 0 Å². The van der Waals surface area contributed by atoms with E-state index in [1.807, 2.05) is 0 Å². The van der Waals surface area contributed by atoms with Gasteiger partial charge in [-0.25, -0.2) is 0 Å². The smallest absolute Gasteiger partial charge is 0.234 e. The van der Waals surface area contributed by atoms with Crippen molar-refractivity contribution >= 4 is 5.91 Å². The van der Waals surface area contributed by atoms with E-state index in [2.05, 4.69) is 58.9 Å². The first-order chi connectivity index (χ1) is 14.5. The minimum absolute atomic E-state index is 0.0232. The van der Waals surface area contributed by atoms with E-state index >= 15 is 0 Å². The number of hydrogen-bond acceptors (Lipinski definition) is 3. The lowest BCUT2D eigenvalue weighted by atomic mass is 9.45. The average Bonchev–Trinajstić information content (AvgIpc) is 3.19. The quantitative estimate of drug-likeness (QED) is 0.828. The maximum Gasteiger partial charge on any atom is 0.234 e. The highest BCUT2D eigenvalue weighted by Crippen LogP contribution is 2.62. The first-order valence-electron chi connectivity index (χ1n) is 12.2. The topological polar surface area (TPSA) is 35.6 Å². The normalized spacial score (nSPS) is 43.0. The Morgan fingerprint density at radius 3 is 2.67 bits per heavy atom. The van der Waals surface area contributed by atoms with E-state index in [9.17, 15) is 4.79 Å². The largest absolute Gasteiger partial charge is 0.350 e. The summed E-state index contributed by atoms with van der Waals surface area (Å²) in [5.74, 6) is 1.80. The highest BCUT2D eigenvalue weighted by atomic mass is 16.2. The number of nitrogens with zero attached hydrogens (tertiary/aromatic N) is 2. The van der Waals surface area contributed by atoms with Crippen molar-refractivity contribution < 1.29 is 4.79 Å². The zero-order valence-electron chi connectivity index (χ0n) is 18.4. The molecule has 1 aromatic carbocycles. The van der Waals surface area contributed by atoms with Crippen LogP contribution in [0.5, 0.6) is 0 Å². The molecule has 30 heavy (non-hydrogen) atoms. The summed E-state index contributed by atoms with van der Waals surface area (Å²) in [6.45, 7) is 7.34. The second-order valence-corrected chi connectivity index (χ2v) is 11.2. The Morgan fingerprint density at radius 2 is 1.90 bits per heavy atom. The average molecular weight is 407 g/mol. The fourth-order valence-corrected chi connectivity index (χ4v) is 8.47. The predicted octanol–water partition coefficient (Wildman–Crippen LogP) is 3.72. The van der Waals surface area contributed by atoms with Gasteiger partial charge < -0.3 is 5.32 Å². The molecule has 7 rings (SSSR count). The minimum atomic E-state index is 0.0232. The molecule has 2 heterocycles. The maximum atomic E-state index is 13.3. The molecule has 2 aliphatic heterocycles. The molecule has 6 aliphatic rings. The molecule has 1 radical (unpaired) electrons. The molecule has 161 valence electrons. The van der Waals surface area contributed by atoms with E-state index < -0.39 is 0 Å². The molecule has 1 amide bonds. The Labute approximate surface area is 181 Å². The lowest BCUT2D eigenvalue weighted by Crippen LogP contribution is -2.65. The number of carbonyl (C=O) groups is 1. The van der Waals surface area contributed by atoms with Crippen LogP contribution in [-0.2, 0) is 10.2 Å². The molecular weight excluding hydrogens is 370 g/mol. The number of rotatable bonds is 4. The minimum Gasteiger partial charge on any atom is -0.350 e. The van der Waals surface area contributed by atoms with E-state index in [1.54, 1.807) is 0 Å². The zero-order valence-corrected chi connectivity index (χ0v) is 18.4. The fourth-order valence-electron chi connectivity index (χ4n) is 8.47. The van der Waals surface area contributed by atoms with Crippen LogP contribution in [0.15, 0.2) is 30.3 Å². The molecule has 1 N–H and O–H groups in total. The lowest BCUT2D eigenvalue weighted by Gasteiger charge is -2.62. The van der Waals surface area contributed by atoms with E-state index in [0.717, 1.165) is 24.8 Å². The lowest BCUT2D eigenvalue weighted by molar-refractivity contribution is -0.129. The van der Waals surface area contributed by atoms with Crippen LogP contribution in [0.2, 0.25) is 0 Å². The van der Waals surface area contributed by atoms with Crippen molar-refractivity contribution in [2.45, 2.75) is 81.3 Å². The number of fused-ring (bicyclic) bond motifs is 1. The summed E-state index contributed by atoms with van der Waals surface area (Å²) < 4.78 is 0. The number of hydrogen-bond donors (Lipinski definition) is 1. The third-order valence-corrected chi connectivity index (χ3v) is 9.22. The van der Waals surface area contributed by atoms with Crippen molar-refractivity contribution in [1.82, 2.24) is 15.1 Å². The maximum absolute atomic E-state index is 13.3. The van der Waals surface area contributed by atoms with Crippen LogP contribution < -0.4 is 5.32 Å². The summed E-state index contributed by atoms with van der Waals surface area (Å²) in [7, 11) is 0. The van der Waals surface area contributed by atoms with Crippen LogP contribution in [-0.4, -0.2) is 53.0 Å². The standard InChI is InChI=1S/C26H36N3O/c1-19-23-8-5-9-28(23)10-11-29(19)17-24(30)27-26-15-20-12-21(16-26)14-25(13-20,18-26)22-6-3-2-4-7-22/h2-4,6-7,11,19-21,23H,5,8-10,12-18H2,1H3,(H,27,30)/t19-,20-,21+,23?,25?,26?/m0/s1. The van der Waals surface area contributed by atoms with Gasteiger partial charge in [-0.15, -0.1) is 0 Å². The molecule has 0 aromatic heterocycles. The highest BCUT2D eigenvalue weighted by Gasteiger charge is 2.58. The van der Waals surface area contributed by atoms with Crippen LogP contribution in [0.4, 0.5) is 0 Å². The number of amides is 1. The van der Waals surface area contributed by atoms with Gasteiger partial charge >= 0.3 is 0 Å². The van der Waals surface area contributed by atoms with E-state index in [-0.39, 0.29) is 16.9 Å². The van der Waals surface area contributed by atoms with Crippen LogP contribution in [0, 0.1) is 18.4 Å². The SMILES string of the molecule is C[C@H]1C2CCCN2C[CH]N1CC(=O)NC12C[C@H]3C[C@@H](C1)CC(c1ccccc1)(C3)C2. The first kappa shape index (κ1) is 19.3. The van der Waals surface area contributed by atoms with Crippen molar-refractivity contribution in [3.05, 3.63) is 42.4 Å². The van der Waals surface area contributed by atoms with Crippen LogP contribution in [0.3, 0.4) is 0 Å². The molecule has 1 aromatic rings. The Bertz CT molecular complexity index is 794. The fraction of sp³-hybridized carbons (Fsp3) is 0.692. The number of nitrogens with one attached hydrogen (secondary N) is 1. The summed E-state index contributed by atoms with van der Waals surface area (Å²) in [5.41, 5.74) is 1.82. The Morgan fingerprint density at radius 1 is 1.13 bits per heavy atom. The van der Waals surface area contributed by atoms with E-state index in [1.165, 1.54) is 57.1 Å². The van der Waals surface area contributed by atoms with Gasteiger partial charge in [0.2, 0.25) is 5.91 Å². The van der Waals surface area contributed by atoms with Crippen molar-refractivity contribution in [3.8, 4) is 0 Å². The highest BCUT2D eigenvalue weighted by molar-refractivity contribution is 5.79. The zero-order chi connectivity index (χ0) is 20.3. The molecule has 6 atom stereocenters. The molecular formula is C26H36N3O.